The number of allylic oxidation sites excluding steroid dienone is 1. The highest BCUT2D eigenvalue weighted by Gasteiger charge is 2.28. The van der Waals surface area contributed by atoms with Gasteiger partial charge in [-0.15, -0.1) is 11.3 Å². The van der Waals surface area contributed by atoms with Crippen molar-refractivity contribution >= 4 is 51.5 Å². The van der Waals surface area contributed by atoms with Crippen molar-refractivity contribution in [2.75, 3.05) is 19.0 Å². The van der Waals surface area contributed by atoms with E-state index in [2.05, 4.69) is 17.5 Å². The highest BCUT2D eigenvalue weighted by Crippen LogP contribution is 2.38. The zero-order chi connectivity index (χ0) is 23.5. The van der Waals surface area contributed by atoms with Crippen molar-refractivity contribution in [3.05, 3.63) is 87.7 Å². The van der Waals surface area contributed by atoms with E-state index in [1.54, 1.807) is 29.5 Å². The largest absolute Gasteiger partial charge is 0.495 e. The van der Waals surface area contributed by atoms with Crippen LogP contribution in [0.3, 0.4) is 0 Å². The molecule has 4 aromatic rings. The van der Waals surface area contributed by atoms with Gasteiger partial charge in [0.2, 0.25) is 0 Å². The van der Waals surface area contributed by atoms with E-state index in [1.807, 2.05) is 41.8 Å². The summed E-state index contributed by atoms with van der Waals surface area (Å²) in [5, 5.41) is 5.50. The molecule has 7 heteroatoms. The number of thiophene rings is 1. The van der Waals surface area contributed by atoms with Gasteiger partial charge in [-0.05, 0) is 59.7 Å². The molecule has 0 saturated carbocycles. The van der Waals surface area contributed by atoms with Gasteiger partial charge in [-0.2, -0.15) is 0 Å². The number of anilines is 1. The van der Waals surface area contributed by atoms with E-state index in [4.69, 9.17) is 14.5 Å². The summed E-state index contributed by atoms with van der Waals surface area (Å²) in [6.07, 6.45) is 3.63. The average molecular weight is 471 g/mol. The summed E-state index contributed by atoms with van der Waals surface area (Å²) in [6, 6.07) is 18.7. The molecule has 2 aromatic carbocycles. The van der Waals surface area contributed by atoms with Gasteiger partial charge in [0.1, 0.15) is 5.75 Å². The first-order valence-corrected chi connectivity index (χ1v) is 11.8. The summed E-state index contributed by atoms with van der Waals surface area (Å²) >= 11 is 1.66. The maximum atomic E-state index is 13.2. The topological polar surface area (TPSA) is 77.5 Å². The molecule has 0 atom stereocenters. The average Bonchev–Trinajstić information content (AvgIpc) is 3.52. The van der Waals surface area contributed by atoms with Crippen molar-refractivity contribution in [1.29, 1.82) is 0 Å². The second-order valence-corrected chi connectivity index (χ2v) is 8.82. The summed E-state index contributed by atoms with van der Waals surface area (Å²) in [4.78, 5) is 31.7. The van der Waals surface area contributed by atoms with Crippen molar-refractivity contribution in [3.8, 4) is 5.75 Å². The van der Waals surface area contributed by atoms with Crippen molar-refractivity contribution < 1.29 is 19.1 Å². The summed E-state index contributed by atoms with van der Waals surface area (Å²) in [7, 11) is 1.53. The second kappa shape index (κ2) is 9.49. The Bertz CT molecular complexity index is 1410. The van der Waals surface area contributed by atoms with Gasteiger partial charge < -0.3 is 14.8 Å². The van der Waals surface area contributed by atoms with Gasteiger partial charge in [0.05, 0.1) is 29.6 Å². The number of rotatable bonds is 6. The number of nitrogens with one attached hydrogen (secondary N) is 1. The smallest absolute Gasteiger partial charge is 0.339 e. The normalized spacial score (nSPS) is 13.6. The van der Waals surface area contributed by atoms with E-state index in [-0.39, 0.29) is 0 Å². The molecule has 0 saturated heterocycles. The second-order valence-electron chi connectivity index (χ2n) is 7.84. The fourth-order valence-corrected chi connectivity index (χ4v) is 4.88. The zero-order valence-corrected chi connectivity index (χ0v) is 19.4. The molecule has 1 aliphatic carbocycles. The van der Waals surface area contributed by atoms with Gasteiger partial charge in [-0.3, -0.25) is 4.79 Å². The number of amides is 1. The molecular weight excluding hydrogens is 448 g/mol. The van der Waals surface area contributed by atoms with Crippen LogP contribution >= 0.6 is 11.3 Å². The third-order valence-corrected chi connectivity index (χ3v) is 6.54. The fraction of sp³-hybridized carbons (Fsp3) is 0.148. The Balaban J connectivity index is 1.42. The first kappa shape index (κ1) is 21.9. The van der Waals surface area contributed by atoms with Crippen LogP contribution in [0.5, 0.6) is 5.75 Å². The summed E-state index contributed by atoms with van der Waals surface area (Å²) in [5.41, 5.74) is 4.54. The van der Waals surface area contributed by atoms with Gasteiger partial charge in [0.15, 0.2) is 6.61 Å². The Morgan fingerprint density at radius 2 is 1.88 bits per heavy atom. The standard InChI is InChI=1S/C27H22N2O4S/c1-32-23-11-5-4-10-22(23)28-24(30)16-33-27(31)25-19-8-2-3-9-21(19)29-26-17(12-13-20(25)26)15-18-7-6-14-34-18/h2-11,14-15H,12-13,16H2,1H3,(H,28,30)/b17-15+. The Hall–Kier alpha value is -3.97. The Morgan fingerprint density at radius 3 is 2.71 bits per heavy atom. The van der Waals surface area contributed by atoms with E-state index in [9.17, 15) is 9.59 Å². The molecule has 34 heavy (non-hydrogen) atoms. The number of para-hydroxylation sites is 3. The number of fused-ring (bicyclic) bond motifs is 2. The van der Waals surface area contributed by atoms with Crippen LogP contribution in [0, 0.1) is 0 Å². The highest BCUT2D eigenvalue weighted by molar-refractivity contribution is 7.10. The van der Waals surface area contributed by atoms with E-state index in [1.165, 1.54) is 7.11 Å². The molecule has 0 aliphatic heterocycles. The van der Waals surface area contributed by atoms with Crippen LogP contribution in [0.25, 0.3) is 22.6 Å². The van der Waals surface area contributed by atoms with E-state index in [0.717, 1.165) is 39.0 Å². The summed E-state index contributed by atoms with van der Waals surface area (Å²) < 4.78 is 10.7. The van der Waals surface area contributed by atoms with Crippen molar-refractivity contribution in [3.63, 3.8) is 0 Å². The Morgan fingerprint density at radius 1 is 1.06 bits per heavy atom. The third-order valence-electron chi connectivity index (χ3n) is 5.72. The van der Waals surface area contributed by atoms with Gasteiger partial charge >= 0.3 is 5.97 Å². The number of nitrogens with zero attached hydrogens (tertiary/aromatic N) is 1. The molecular formula is C27H22N2O4S. The highest BCUT2D eigenvalue weighted by atomic mass is 32.1. The van der Waals surface area contributed by atoms with Crippen LogP contribution < -0.4 is 10.1 Å². The first-order chi connectivity index (χ1) is 16.6. The SMILES string of the molecule is COc1ccccc1NC(=O)COC(=O)c1c2c(nc3ccccc13)/C(=C/c1cccs1)CC2. The van der Waals surface area contributed by atoms with Crippen LogP contribution in [-0.4, -0.2) is 30.6 Å². The molecule has 1 N–H and O–H groups in total. The van der Waals surface area contributed by atoms with E-state index >= 15 is 0 Å². The molecule has 6 nitrogen and oxygen atoms in total. The van der Waals surface area contributed by atoms with Crippen molar-refractivity contribution in [2.45, 2.75) is 12.8 Å². The lowest BCUT2D eigenvalue weighted by Crippen LogP contribution is -2.22. The van der Waals surface area contributed by atoms with Crippen LogP contribution in [0.4, 0.5) is 5.69 Å². The maximum Gasteiger partial charge on any atom is 0.339 e. The maximum absolute atomic E-state index is 13.2. The number of hydrogen-bond donors (Lipinski definition) is 1. The molecule has 1 amide bonds. The number of methoxy groups -OCH3 is 1. The van der Waals surface area contributed by atoms with Crippen LogP contribution in [0.1, 0.15) is 32.9 Å². The minimum atomic E-state index is -0.526. The first-order valence-electron chi connectivity index (χ1n) is 10.9. The predicted octanol–water partition coefficient (Wildman–Crippen LogP) is 5.59. The van der Waals surface area contributed by atoms with Crippen molar-refractivity contribution in [1.82, 2.24) is 4.98 Å². The lowest BCUT2D eigenvalue weighted by atomic mass is 10.0. The molecule has 0 unspecified atom stereocenters. The molecule has 2 aromatic heterocycles. The number of benzene rings is 2. The molecule has 2 heterocycles. The minimum Gasteiger partial charge on any atom is -0.495 e. The van der Waals surface area contributed by atoms with Crippen LogP contribution in [0.15, 0.2) is 66.0 Å². The molecule has 170 valence electrons. The summed E-state index contributed by atoms with van der Waals surface area (Å²) in [5.74, 6) is -0.432. The van der Waals surface area contributed by atoms with E-state index < -0.39 is 18.5 Å². The monoisotopic (exact) mass is 470 g/mol. The fourth-order valence-electron chi connectivity index (χ4n) is 4.19. The Kier molecular flexibility index (Phi) is 6.10. The number of ether oxygens (including phenoxy) is 2. The number of pyridine rings is 1. The lowest BCUT2D eigenvalue weighted by Gasteiger charge is -2.13. The van der Waals surface area contributed by atoms with Gasteiger partial charge in [0.25, 0.3) is 5.91 Å². The zero-order valence-electron chi connectivity index (χ0n) is 18.5. The number of hydrogen-bond acceptors (Lipinski definition) is 6. The number of carbonyl (C=O) groups excluding carboxylic acids is 2. The van der Waals surface area contributed by atoms with Gasteiger partial charge in [-0.25, -0.2) is 9.78 Å². The molecule has 0 radical (unpaired) electrons. The molecule has 0 spiro atoms. The van der Waals surface area contributed by atoms with E-state index in [0.29, 0.717) is 23.4 Å². The molecule has 0 bridgehead atoms. The molecule has 0 fully saturated rings. The number of carbonyl (C=O) groups is 2. The predicted molar refractivity (Wildman–Crippen MR) is 134 cm³/mol. The number of aromatic nitrogens is 1. The van der Waals surface area contributed by atoms with Gasteiger partial charge in [-0.1, -0.05) is 36.4 Å². The minimum absolute atomic E-state index is 0.403. The quantitative estimate of drug-likeness (QED) is 0.372. The lowest BCUT2D eigenvalue weighted by molar-refractivity contribution is -0.119. The number of esters is 1. The van der Waals surface area contributed by atoms with Crippen LogP contribution in [-0.2, 0) is 16.0 Å². The molecule has 5 rings (SSSR count). The van der Waals surface area contributed by atoms with Crippen molar-refractivity contribution in [2.24, 2.45) is 0 Å². The summed E-state index contributed by atoms with van der Waals surface area (Å²) in [6.45, 7) is -0.403. The van der Waals surface area contributed by atoms with Gasteiger partial charge in [0, 0.05) is 10.3 Å². The third kappa shape index (κ3) is 4.30. The van der Waals surface area contributed by atoms with Crippen LogP contribution in [0.2, 0.25) is 0 Å². The Labute approximate surface area is 200 Å². The molecule has 1 aliphatic rings.